The number of hydrogen-bond acceptors (Lipinski definition) is 5. The lowest BCUT2D eigenvalue weighted by Crippen LogP contribution is -2.37. The summed E-state index contributed by atoms with van der Waals surface area (Å²) >= 11 is 0. The Morgan fingerprint density at radius 2 is 1.67 bits per heavy atom. The van der Waals surface area contributed by atoms with Crippen LogP contribution in [-0.4, -0.2) is 23.5 Å². The first-order valence-corrected chi connectivity index (χ1v) is 8.49. The van der Waals surface area contributed by atoms with Gasteiger partial charge in [-0.3, -0.25) is 20.2 Å². The molecule has 3 N–H and O–H groups in total. The molecule has 0 bridgehead atoms. The van der Waals surface area contributed by atoms with Crippen LogP contribution in [0.3, 0.4) is 0 Å². The van der Waals surface area contributed by atoms with Gasteiger partial charge in [0.2, 0.25) is 17.7 Å². The van der Waals surface area contributed by atoms with Gasteiger partial charge in [0.05, 0.1) is 12.2 Å². The summed E-state index contributed by atoms with van der Waals surface area (Å²) in [6.07, 6.45) is 0. The molecule has 2 amide bonds. The standard InChI is InChI=1S/C20H20N4O3/c1-14-12-18(27-24-14)23-17(25)13-21-19(15-8-4-2-5-9-15)20(26)22-16-10-6-3-7-11-16/h2-12,19,21H,13H2,1H3,(H,22,26)(H,23,25)/t19-/m1/s1. The predicted octanol–water partition coefficient (Wildman–Crippen LogP) is 2.89. The first-order chi connectivity index (χ1) is 13.1. The molecule has 138 valence electrons. The second-order valence-corrected chi connectivity index (χ2v) is 5.96. The zero-order valence-corrected chi connectivity index (χ0v) is 14.8. The number of para-hydroxylation sites is 1. The van der Waals surface area contributed by atoms with E-state index in [-0.39, 0.29) is 24.2 Å². The van der Waals surface area contributed by atoms with Gasteiger partial charge in [0.25, 0.3) is 0 Å². The van der Waals surface area contributed by atoms with E-state index in [1.807, 2.05) is 48.5 Å². The van der Waals surface area contributed by atoms with Gasteiger partial charge in [0.15, 0.2) is 0 Å². The van der Waals surface area contributed by atoms with E-state index in [9.17, 15) is 9.59 Å². The maximum Gasteiger partial charge on any atom is 0.246 e. The highest BCUT2D eigenvalue weighted by molar-refractivity contribution is 5.96. The van der Waals surface area contributed by atoms with E-state index in [4.69, 9.17) is 4.52 Å². The average molecular weight is 364 g/mol. The smallest absolute Gasteiger partial charge is 0.246 e. The van der Waals surface area contributed by atoms with E-state index in [0.717, 1.165) is 5.56 Å². The van der Waals surface area contributed by atoms with Crippen molar-refractivity contribution in [1.82, 2.24) is 10.5 Å². The fourth-order valence-electron chi connectivity index (χ4n) is 2.54. The van der Waals surface area contributed by atoms with E-state index in [2.05, 4.69) is 21.1 Å². The summed E-state index contributed by atoms with van der Waals surface area (Å²) in [5.74, 6) is -0.320. The van der Waals surface area contributed by atoms with Gasteiger partial charge in [-0.25, -0.2) is 0 Å². The molecule has 0 fully saturated rings. The molecular weight excluding hydrogens is 344 g/mol. The van der Waals surface area contributed by atoms with E-state index in [1.165, 1.54) is 0 Å². The maximum atomic E-state index is 12.8. The molecule has 0 aliphatic heterocycles. The lowest BCUT2D eigenvalue weighted by Gasteiger charge is -2.18. The molecule has 0 spiro atoms. The summed E-state index contributed by atoms with van der Waals surface area (Å²) in [5.41, 5.74) is 2.11. The minimum atomic E-state index is -0.686. The van der Waals surface area contributed by atoms with Gasteiger partial charge < -0.3 is 9.84 Å². The monoisotopic (exact) mass is 364 g/mol. The van der Waals surface area contributed by atoms with Crippen molar-refractivity contribution in [3.8, 4) is 0 Å². The van der Waals surface area contributed by atoms with Gasteiger partial charge in [0.1, 0.15) is 6.04 Å². The first kappa shape index (κ1) is 18.3. The van der Waals surface area contributed by atoms with Crippen LogP contribution in [0.5, 0.6) is 0 Å². The summed E-state index contributed by atoms with van der Waals surface area (Å²) in [6, 6.07) is 19.3. The fraction of sp³-hybridized carbons (Fsp3) is 0.150. The third-order valence-electron chi connectivity index (χ3n) is 3.79. The second-order valence-electron chi connectivity index (χ2n) is 5.96. The zero-order chi connectivity index (χ0) is 19.1. The van der Waals surface area contributed by atoms with E-state index in [1.54, 1.807) is 25.1 Å². The molecule has 0 unspecified atom stereocenters. The third-order valence-corrected chi connectivity index (χ3v) is 3.79. The number of hydrogen-bond donors (Lipinski definition) is 3. The molecule has 7 nitrogen and oxygen atoms in total. The van der Waals surface area contributed by atoms with Crippen LogP contribution in [-0.2, 0) is 9.59 Å². The first-order valence-electron chi connectivity index (χ1n) is 8.49. The van der Waals surface area contributed by atoms with E-state index in [0.29, 0.717) is 11.4 Å². The molecule has 0 saturated carbocycles. The van der Waals surface area contributed by atoms with Gasteiger partial charge in [-0.2, -0.15) is 0 Å². The van der Waals surface area contributed by atoms with Crippen LogP contribution >= 0.6 is 0 Å². The number of anilines is 2. The molecule has 27 heavy (non-hydrogen) atoms. The predicted molar refractivity (Wildman–Crippen MR) is 102 cm³/mol. The van der Waals surface area contributed by atoms with Crippen molar-refractivity contribution in [2.45, 2.75) is 13.0 Å². The average Bonchev–Trinajstić information content (AvgIpc) is 3.08. The van der Waals surface area contributed by atoms with Crippen molar-refractivity contribution in [1.29, 1.82) is 0 Å². The highest BCUT2D eigenvalue weighted by atomic mass is 16.5. The van der Waals surface area contributed by atoms with Gasteiger partial charge in [-0.05, 0) is 24.6 Å². The van der Waals surface area contributed by atoms with E-state index >= 15 is 0 Å². The number of aryl methyl sites for hydroxylation is 1. The van der Waals surface area contributed by atoms with Crippen LogP contribution in [0.25, 0.3) is 0 Å². The Kier molecular flexibility index (Phi) is 5.96. The Labute approximate surface area is 156 Å². The molecule has 3 rings (SSSR count). The fourth-order valence-corrected chi connectivity index (χ4v) is 2.54. The minimum Gasteiger partial charge on any atom is -0.338 e. The highest BCUT2D eigenvalue weighted by Crippen LogP contribution is 2.16. The molecule has 3 aromatic rings. The topological polar surface area (TPSA) is 96.3 Å². The van der Waals surface area contributed by atoms with Crippen molar-refractivity contribution < 1.29 is 14.1 Å². The number of nitrogens with one attached hydrogen (secondary N) is 3. The molecular formula is C20H20N4O3. The molecule has 0 aliphatic rings. The zero-order valence-electron chi connectivity index (χ0n) is 14.8. The summed E-state index contributed by atoms with van der Waals surface area (Å²) in [4.78, 5) is 24.9. The third kappa shape index (κ3) is 5.26. The van der Waals surface area contributed by atoms with Crippen LogP contribution in [0, 0.1) is 6.92 Å². The normalized spacial score (nSPS) is 11.6. The number of rotatable bonds is 7. The van der Waals surface area contributed by atoms with Crippen molar-refractivity contribution >= 4 is 23.4 Å². The van der Waals surface area contributed by atoms with Crippen molar-refractivity contribution in [2.24, 2.45) is 0 Å². The van der Waals surface area contributed by atoms with Crippen LogP contribution < -0.4 is 16.0 Å². The Balaban J connectivity index is 1.66. The molecule has 1 aromatic heterocycles. The Bertz CT molecular complexity index is 894. The number of carbonyl (C=O) groups excluding carboxylic acids is 2. The molecule has 1 atom stereocenters. The number of benzene rings is 2. The lowest BCUT2D eigenvalue weighted by molar-refractivity contribution is -0.119. The van der Waals surface area contributed by atoms with Gasteiger partial charge in [0, 0.05) is 11.8 Å². The summed E-state index contributed by atoms with van der Waals surface area (Å²) in [7, 11) is 0. The number of aromatic nitrogens is 1. The molecule has 2 aromatic carbocycles. The number of carbonyl (C=O) groups is 2. The largest absolute Gasteiger partial charge is 0.338 e. The van der Waals surface area contributed by atoms with Gasteiger partial charge in [-0.15, -0.1) is 0 Å². The second kappa shape index (κ2) is 8.77. The van der Waals surface area contributed by atoms with E-state index < -0.39 is 6.04 Å². The maximum absolute atomic E-state index is 12.8. The number of nitrogens with zero attached hydrogens (tertiary/aromatic N) is 1. The molecule has 7 heteroatoms. The number of amides is 2. The van der Waals surface area contributed by atoms with Crippen molar-refractivity contribution in [2.75, 3.05) is 17.2 Å². The van der Waals surface area contributed by atoms with Crippen LogP contribution in [0.2, 0.25) is 0 Å². The highest BCUT2D eigenvalue weighted by Gasteiger charge is 2.21. The molecule has 1 heterocycles. The lowest BCUT2D eigenvalue weighted by atomic mass is 10.1. The minimum absolute atomic E-state index is 0.0679. The molecule has 0 saturated heterocycles. The van der Waals surface area contributed by atoms with Gasteiger partial charge >= 0.3 is 0 Å². The van der Waals surface area contributed by atoms with Crippen LogP contribution in [0.4, 0.5) is 11.6 Å². The quantitative estimate of drug-likeness (QED) is 0.599. The van der Waals surface area contributed by atoms with Crippen molar-refractivity contribution in [3.63, 3.8) is 0 Å². The van der Waals surface area contributed by atoms with Crippen molar-refractivity contribution in [3.05, 3.63) is 78.0 Å². The molecule has 0 aliphatic carbocycles. The van der Waals surface area contributed by atoms with Crippen LogP contribution in [0.15, 0.2) is 71.3 Å². The van der Waals surface area contributed by atoms with Gasteiger partial charge in [-0.1, -0.05) is 53.7 Å². The summed E-state index contributed by atoms with van der Waals surface area (Å²) < 4.78 is 4.96. The van der Waals surface area contributed by atoms with Crippen LogP contribution in [0.1, 0.15) is 17.3 Å². The Morgan fingerprint density at radius 1 is 1.00 bits per heavy atom. The summed E-state index contributed by atoms with van der Waals surface area (Å²) in [6.45, 7) is 1.69. The summed E-state index contributed by atoms with van der Waals surface area (Å²) in [5, 5.41) is 12.2. The molecule has 0 radical (unpaired) electrons. The SMILES string of the molecule is Cc1cc(NC(=O)CN[C@@H](C(=O)Nc2ccccc2)c2ccccc2)on1. The Hall–Kier alpha value is -3.45. The Morgan fingerprint density at radius 3 is 2.30 bits per heavy atom.